The van der Waals surface area contributed by atoms with E-state index in [0.29, 0.717) is 25.7 Å². The summed E-state index contributed by atoms with van der Waals surface area (Å²) < 4.78 is 51.8. The van der Waals surface area contributed by atoms with Crippen molar-refractivity contribution in [2.75, 3.05) is 32.8 Å². The SMILES string of the molecule is OCC(c1cc(F)cc(C(F)(F)F)c1)N1CCCNCC1. The maximum absolute atomic E-state index is 13.5. The summed E-state index contributed by atoms with van der Waals surface area (Å²) in [6.07, 6.45) is -3.77. The Kier molecular flexibility index (Phi) is 5.18. The Morgan fingerprint density at radius 3 is 2.62 bits per heavy atom. The molecule has 1 saturated heterocycles. The largest absolute Gasteiger partial charge is 0.416 e. The molecule has 118 valence electrons. The van der Waals surface area contributed by atoms with E-state index in [2.05, 4.69) is 5.32 Å². The average Bonchev–Trinajstić information content (AvgIpc) is 2.67. The van der Waals surface area contributed by atoms with Crippen LogP contribution >= 0.6 is 0 Å². The smallest absolute Gasteiger partial charge is 0.394 e. The molecule has 1 unspecified atom stereocenters. The number of aliphatic hydroxyl groups excluding tert-OH is 1. The van der Waals surface area contributed by atoms with Crippen molar-refractivity contribution in [3.8, 4) is 0 Å². The number of nitrogens with one attached hydrogen (secondary N) is 1. The first-order valence-electron chi connectivity index (χ1n) is 6.85. The van der Waals surface area contributed by atoms with Crippen LogP contribution in [0, 0.1) is 5.82 Å². The second-order valence-corrected chi connectivity index (χ2v) is 5.11. The third-order valence-corrected chi connectivity index (χ3v) is 3.62. The van der Waals surface area contributed by atoms with Crippen molar-refractivity contribution in [3.63, 3.8) is 0 Å². The molecule has 1 fully saturated rings. The van der Waals surface area contributed by atoms with Crippen LogP contribution in [0.4, 0.5) is 17.6 Å². The molecule has 3 nitrogen and oxygen atoms in total. The maximum atomic E-state index is 13.5. The van der Waals surface area contributed by atoms with Gasteiger partial charge in [0.25, 0.3) is 0 Å². The topological polar surface area (TPSA) is 35.5 Å². The van der Waals surface area contributed by atoms with E-state index in [1.54, 1.807) is 0 Å². The van der Waals surface area contributed by atoms with Crippen LogP contribution in [0.2, 0.25) is 0 Å². The van der Waals surface area contributed by atoms with Gasteiger partial charge in [0.05, 0.1) is 18.2 Å². The molecule has 1 heterocycles. The second-order valence-electron chi connectivity index (χ2n) is 5.11. The van der Waals surface area contributed by atoms with E-state index in [-0.39, 0.29) is 12.2 Å². The molecule has 0 aliphatic carbocycles. The van der Waals surface area contributed by atoms with E-state index in [1.165, 1.54) is 0 Å². The van der Waals surface area contributed by atoms with E-state index in [9.17, 15) is 22.7 Å². The van der Waals surface area contributed by atoms with Crippen LogP contribution in [0.25, 0.3) is 0 Å². The summed E-state index contributed by atoms with van der Waals surface area (Å²) in [5.74, 6) is -0.939. The molecule has 21 heavy (non-hydrogen) atoms. The van der Waals surface area contributed by atoms with Crippen molar-refractivity contribution in [2.24, 2.45) is 0 Å². The fraction of sp³-hybridized carbons (Fsp3) is 0.571. The normalized spacial score (nSPS) is 19.3. The first-order chi connectivity index (χ1) is 9.91. The lowest BCUT2D eigenvalue weighted by atomic mass is 10.0. The van der Waals surface area contributed by atoms with E-state index in [0.717, 1.165) is 25.1 Å². The Morgan fingerprint density at radius 2 is 1.95 bits per heavy atom. The molecule has 1 aliphatic rings. The second kappa shape index (κ2) is 6.72. The molecule has 0 amide bonds. The molecule has 1 aromatic rings. The van der Waals surface area contributed by atoms with Crippen LogP contribution in [-0.2, 0) is 6.18 Å². The van der Waals surface area contributed by atoms with Gasteiger partial charge < -0.3 is 10.4 Å². The van der Waals surface area contributed by atoms with Gasteiger partial charge in [-0.15, -0.1) is 0 Å². The van der Waals surface area contributed by atoms with Crippen LogP contribution in [0.1, 0.15) is 23.6 Å². The number of rotatable bonds is 3. The van der Waals surface area contributed by atoms with Crippen molar-refractivity contribution < 1.29 is 22.7 Å². The number of benzene rings is 1. The van der Waals surface area contributed by atoms with Crippen molar-refractivity contribution in [1.29, 1.82) is 0 Å². The maximum Gasteiger partial charge on any atom is 0.416 e. The van der Waals surface area contributed by atoms with Gasteiger partial charge in [0.15, 0.2) is 0 Å². The van der Waals surface area contributed by atoms with E-state index < -0.39 is 23.6 Å². The van der Waals surface area contributed by atoms with Crippen molar-refractivity contribution in [2.45, 2.75) is 18.6 Å². The molecule has 7 heteroatoms. The van der Waals surface area contributed by atoms with Crippen LogP contribution in [0.3, 0.4) is 0 Å². The Hall–Kier alpha value is -1.18. The molecule has 1 atom stereocenters. The summed E-state index contributed by atoms with van der Waals surface area (Å²) in [5.41, 5.74) is -0.865. The predicted molar refractivity (Wildman–Crippen MR) is 70.3 cm³/mol. The van der Waals surface area contributed by atoms with Gasteiger partial charge in [0.2, 0.25) is 0 Å². The van der Waals surface area contributed by atoms with E-state index in [4.69, 9.17) is 0 Å². The third-order valence-electron chi connectivity index (χ3n) is 3.62. The number of nitrogens with zero attached hydrogens (tertiary/aromatic N) is 1. The van der Waals surface area contributed by atoms with Crippen LogP contribution in [-0.4, -0.2) is 42.8 Å². The van der Waals surface area contributed by atoms with Crippen molar-refractivity contribution >= 4 is 0 Å². The first kappa shape index (κ1) is 16.2. The van der Waals surface area contributed by atoms with Gasteiger partial charge in [-0.2, -0.15) is 13.2 Å². The Morgan fingerprint density at radius 1 is 1.19 bits per heavy atom. The minimum Gasteiger partial charge on any atom is -0.394 e. The number of halogens is 4. The average molecular weight is 306 g/mol. The summed E-state index contributed by atoms with van der Waals surface area (Å²) in [6.45, 7) is 2.42. The molecule has 0 saturated carbocycles. The van der Waals surface area contributed by atoms with Gasteiger partial charge in [-0.25, -0.2) is 4.39 Å². The highest BCUT2D eigenvalue weighted by Gasteiger charge is 2.32. The lowest BCUT2D eigenvalue weighted by Crippen LogP contribution is -2.34. The monoisotopic (exact) mass is 306 g/mol. The zero-order chi connectivity index (χ0) is 15.5. The molecule has 1 aromatic carbocycles. The summed E-state index contributed by atoms with van der Waals surface area (Å²) in [7, 11) is 0. The lowest BCUT2D eigenvalue weighted by molar-refractivity contribution is -0.137. The van der Waals surface area contributed by atoms with Gasteiger partial charge in [-0.3, -0.25) is 4.90 Å². The van der Waals surface area contributed by atoms with Crippen LogP contribution in [0.5, 0.6) is 0 Å². The van der Waals surface area contributed by atoms with E-state index in [1.807, 2.05) is 4.90 Å². The zero-order valence-electron chi connectivity index (χ0n) is 11.5. The Labute approximate surface area is 120 Å². The van der Waals surface area contributed by atoms with Crippen LogP contribution < -0.4 is 5.32 Å². The minimum absolute atomic E-state index is 0.159. The molecular weight excluding hydrogens is 288 g/mol. The van der Waals surface area contributed by atoms with Gasteiger partial charge in [-0.05, 0) is 36.7 Å². The van der Waals surface area contributed by atoms with Gasteiger partial charge in [0, 0.05) is 19.6 Å². The van der Waals surface area contributed by atoms with E-state index >= 15 is 0 Å². The van der Waals surface area contributed by atoms with Gasteiger partial charge >= 0.3 is 6.18 Å². The fourth-order valence-corrected chi connectivity index (χ4v) is 2.58. The number of alkyl halides is 3. The highest BCUT2D eigenvalue weighted by Crippen LogP contribution is 2.33. The molecule has 2 N–H and O–H groups in total. The van der Waals surface area contributed by atoms with Crippen LogP contribution in [0.15, 0.2) is 18.2 Å². The number of hydrogen-bond acceptors (Lipinski definition) is 3. The lowest BCUT2D eigenvalue weighted by Gasteiger charge is -2.29. The molecule has 2 rings (SSSR count). The molecule has 0 aromatic heterocycles. The summed E-state index contributed by atoms with van der Waals surface area (Å²) in [4.78, 5) is 1.88. The quantitative estimate of drug-likeness (QED) is 0.840. The van der Waals surface area contributed by atoms with Gasteiger partial charge in [-0.1, -0.05) is 0 Å². The van der Waals surface area contributed by atoms with Crippen molar-refractivity contribution in [3.05, 3.63) is 35.1 Å². The van der Waals surface area contributed by atoms with Crippen molar-refractivity contribution in [1.82, 2.24) is 10.2 Å². The number of aliphatic hydroxyl groups is 1. The molecular formula is C14H18F4N2O. The summed E-state index contributed by atoms with van der Waals surface area (Å²) in [6, 6.07) is 1.83. The first-order valence-corrected chi connectivity index (χ1v) is 6.85. The molecule has 0 bridgehead atoms. The molecule has 0 spiro atoms. The predicted octanol–water partition coefficient (Wildman–Crippen LogP) is 2.17. The summed E-state index contributed by atoms with van der Waals surface area (Å²) >= 11 is 0. The summed E-state index contributed by atoms with van der Waals surface area (Å²) in [5, 5.41) is 12.7. The highest BCUT2D eigenvalue weighted by molar-refractivity contribution is 5.29. The minimum atomic E-state index is -4.60. The highest BCUT2D eigenvalue weighted by atomic mass is 19.4. The number of hydrogen-bond donors (Lipinski definition) is 2. The Balaban J connectivity index is 2.30. The third kappa shape index (κ3) is 4.15. The van der Waals surface area contributed by atoms with Gasteiger partial charge in [0.1, 0.15) is 5.82 Å². The molecule has 1 aliphatic heterocycles. The fourth-order valence-electron chi connectivity index (χ4n) is 2.58. The zero-order valence-corrected chi connectivity index (χ0v) is 11.5. The Bertz CT molecular complexity index is 471. The molecule has 0 radical (unpaired) electrons. The standard InChI is InChI=1S/C14H18F4N2O/c15-12-7-10(6-11(8-12)14(16,17)18)13(9-21)20-4-1-2-19-3-5-20/h6-8,13,19,21H,1-5,9H2.